The highest BCUT2D eigenvalue weighted by Gasteiger charge is 2.34. The Morgan fingerprint density at radius 3 is 2.57 bits per heavy atom. The van der Waals surface area contributed by atoms with Crippen LogP contribution in [0.5, 0.6) is 0 Å². The van der Waals surface area contributed by atoms with E-state index in [2.05, 4.69) is 18.8 Å². The molecule has 1 saturated heterocycles. The highest BCUT2D eigenvalue weighted by atomic mass is 16.6. The number of pyridine rings is 1. The topological polar surface area (TPSA) is 31.4 Å². The molecule has 0 aromatic carbocycles. The lowest BCUT2D eigenvalue weighted by molar-refractivity contribution is 0.0339. The molecule has 0 atom stereocenters. The van der Waals surface area contributed by atoms with Crippen molar-refractivity contribution < 1.29 is 9.31 Å². The molecule has 74 valence electrons. The smallest absolute Gasteiger partial charge is 0.406 e. The second-order valence-electron chi connectivity index (χ2n) is 4.37. The number of aromatic nitrogens is 1. The van der Waals surface area contributed by atoms with Crippen LogP contribution in [0.15, 0.2) is 24.4 Å². The van der Waals surface area contributed by atoms with Crippen LogP contribution in [0.25, 0.3) is 0 Å². The SMILES string of the molecule is CC1(C)COB(c2ccccn2)OC1. The monoisotopic (exact) mass is 191 g/mol. The van der Waals surface area contributed by atoms with Crippen molar-refractivity contribution in [2.75, 3.05) is 13.2 Å². The van der Waals surface area contributed by atoms with Gasteiger partial charge in [0.2, 0.25) is 0 Å². The van der Waals surface area contributed by atoms with Gasteiger partial charge in [0.15, 0.2) is 0 Å². The minimum atomic E-state index is -0.288. The Morgan fingerprint density at radius 2 is 2.00 bits per heavy atom. The van der Waals surface area contributed by atoms with Crippen molar-refractivity contribution in [3.05, 3.63) is 24.4 Å². The second kappa shape index (κ2) is 3.71. The predicted octanol–water partition coefficient (Wildman–Crippen LogP) is 0.850. The standard InChI is InChI=1S/C10H14BNO2/c1-10(2)7-13-11(14-8-10)9-5-3-4-6-12-9/h3-6H,7-8H2,1-2H3. The third kappa shape index (κ3) is 2.14. The zero-order valence-electron chi connectivity index (χ0n) is 8.56. The third-order valence-electron chi connectivity index (χ3n) is 2.18. The summed E-state index contributed by atoms with van der Waals surface area (Å²) in [6, 6.07) is 5.74. The number of rotatable bonds is 1. The highest BCUT2D eigenvalue weighted by molar-refractivity contribution is 6.60. The molecule has 0 amide bonds. The van der Waals surface area contributed by atoms with E-state index in [9.17, 15) is 0 Å². The van der Waals surface area contributed by atoms with Crippen molar-refractivity contribution in [3.63, 3.8) is 0 Å². The Balaban J connectivity index is 2.03. The first-order valence-electron chi connectivity index (χ1n) is 4.82. The van der Waals surface area contributed by atoms with Gasteiger partial charge >= 0.3 is 7.12 Å². The van der Waals surface area contributed by atoms with Gasteiger partial charge in [0, 0.05) is 24.8 Å². The fraction of sp³-hybridized carbons (Fsp3) is 0.500. The highest BCUT2D eigenvalue weighted by Crippen LogP contribution is 2.20. The Bertz CT molecular complexity index is 292. The molecule has 2 rings (SSSR count). The molecule has 4 heteroatoms. The van der Waals surface area contributed by atoms with E-state index in [1.165, 1.54) is 0 Å². The second-order valence-corrected chi connectivity index (χ2v) is 4.37. The molecule has 1 aliphatic rings. The summed E-state index contributed by atoms with van der Waals surface area (Å²) in [5, 5.41) is 0. The van der Waals surface area contributed by atoms with Gasteiger partial charge in [-0.05, 0) is 12.1 Å². The molecule has 0 N–H and O–H groups in total. The molecular weight excluding hydrogens is 177 g/mol. The van der Waals surface area contributed by atoms with E-state index in [4.69, 9.17) is 9.31 Å². The molecule has 0 radical (unpaired) electrons. The van der Waals surface area contributed by atoms with Crippen LogP contribution in [-0.2, 0) is 9.31 Å². The van der Waals surface area contributed by atoms with E-state index in [1.807, 2.05) is 18.2 Å². The van der Waals surface area contributed by atoms with E-state index < -0.39 is 0 Å². The molecule has 0 aliphatic carbocycles. The zero-order chi connectivity index (χ0) is 10.0. The molecule has 1 aromatic rings. The maximum Gasteiger partial charge on any atom is 0.513 e. The van der Waals surface area contributed by atoms with E-state index in [1.54, 1.807) is 6.20 Å². The third-order valence-corrected chi connectivity index (χ3v) is 2.18. The van der Waals surface area contributed by atoms with Crippen molar-refractivity contribution in [1.29, 1.82) is 0 Å². The summed E-state index contributed by atoms with van der Waals surface area (Å²) in [6.45, 7) is 5.69. The fourth-order valence-electron chi connectivity index (χ4n) is 1.38. The molecule has 0 saturated carbocycles. The average Bonchev–Trinajstić information content (AvgIpc) is 2.19. The first-order valence-corrected chi connectivity index (χ1v) is 4.82. The summed E-state index contributed by atoms with van der Waals surface area (Å²) in [5.41, 5.74) is 0.966. The number of hydrogen-bond donors (Lipinski definition) is 0. The first-order chi connectivity index (χ1) is 6.67. The first kappa shape index (κ1) is 9.68. The van der Waals surface area contributed by atoms with E-state index >= 15 is 0 Å². The Labute approximate surface area is 84.6 Å². The molecule has 0 spiro atoms. The van der Waals surface area contributed by atoms with Gasteiger partial charge in [-0.3, -0.25) is 4.98 Å². The summed E-state index contributed by atoms with van der Waals surface area (Å²) >= 11 is 0. The number of nitrogens with zero attached hydrogens (tertiary/aromatic N) is 1. The van der Waals surface area contributed by atoms with Crippen LogP contribution in [0.2, 0.25) is 0 Å². The minimum Gasteiger partial charge on any atom is -0.406 e. The van der Waals surface area contributed by atoms with E-state index in [0.717, 1.165) is 5.59 Å². The Morgan fingerprint density at radius 1 is 1.29 bits per heavy atom. The lowest BCUT2D eigenvalue weighted by atomic mass is 9.80. The molecule has 2 heterocycles. The average molecular weight is 191 g/mol. The summed E-state index contributed by atoms with van der Waals surface area (Å²) < 4.78 is 11.2. The minimum absolute atomic E-state index is 0.116. The number of hydrogen-bond acceptors (Lipinski definition) is 3. The van der Waals surface area contributed by atoms with Gasteiger partial charge in [0.05, 0.1) is 5.59 Å². The van der Waals surface area contributed by atoms with Crippen LogP contribution in [-0.4, -0.2) is 25.3 Å². The van der Waals surface area contributed by atoms with Crippen LogP contribution in [0.4, 0.5) is 0 Å². The molecule has 1 aliphatic heterocycles. The molecule has 14 heavy (non-hydrogen) atoms. The quantitative estimate of drug-likeness (QED) is 0.616. The van der Waals surface area contributed by atoms with Gasteiger partial charge in [-0.1, -0.05) is 19.9 Å². The van der Waals surface area contributed by atoms with Gasteiger partial charge in [-0.2, -0.15) is 0 Å². The Hall–Kier alpha value is -0.865. The van der Waals surface area contributed by atoms with Crippen LogP contribution >= 0.6 is 0 Å². The van der Waals surface area contributed by atoms with Gasteiger partial charge in [-0.25, -0.2) is 0 Å². The molecule has 1 fully saturated rings. The van der Waals surface area contributed by atoms with Crippen molar-refractivity contribution >= 4 is 12.7 Å². The fourth-order valence-corrected chi connectivity index (χ4v) is 1.38. The normalized spacial score (nSPS) is 20.9. The van der Waals surface area contributed by atoms with Crippen LogP contribution in [0.1, 0.15) is 13.8 Å². The van der Waals surface area contributed by atoms with Crippen LogP contribution < -0.4 is 5.59 Å². The predicted molar refractivity (Wildman–Crippen MR) is 55.3 cm³/mol. The van der Waals surface area contributed by atoms with Crippen molar-refractivity contribution in [1.82, 2.24) is 4.98 Å². The van der Waals surface area contributed by atoms with Gasteiger partial charge in [-0.15, -0.1) is 0 Å². The van der Waals surface area contributed by atoms with Crippen molar-refractivity contribution in [2.24, 2.45) is 5.41 Å². The van der Waals surface area contributed by atoms with Crippen LogP contribution in [0.3, 0.4) is 0 Å². The summed E-state index contributed by atoms with van der Waals surface area (Å²) in [7, 11) is -0.288. The molecule has 0 unspecified atom stereocenters. The zero-order valence-corrected chi connectivity index (χ0v) is 8.56. The van der Waals surface area contributed by atoms with Crippen molar-refractivity contribution in [2.45, 2.75) is 13.8 Å². The Kier molecular flexibility index (Phi) is 2.57. The van der Waals surface area contributed by atoms with Crippen LogP contribution in [0, 0.1) is 5.41 Å². The summed E-state index contributed by atoms with van der Waals surface area (Å²) in [5.74, 6) is 0. The van der Waals surface area contributed by atoms with E-state index in [-0.39, 0.29) is 12.5 Å². The lowest BCUT2D eigenvalue weighted by Gasteiger charge is -2.32. The summed E-state index contributed by atoms with van der Waals surface area (Å²) in [6.07, 6.45) is 1.75. The molecule has 1 aromatic heterocycles. The van der Waals surface area contributed by atoms with Gasteiger partial charge < -0.3 is 9.31 Å². The largest absolute Gasteiger partial charge is 0.513 e. The van der Waals surface area contributed by atoms with Crippen molar-refractivity contribution in [3.8, 4) is 0 Å². The maximum absolute atomic E-state index is 5.59. The molecule has 3 nitrogen and oxygen atoms in total. The lowest BCUT2D eigenvalue weighted by Crippen LogP contribution is -2.48. The van der Waals surface area contributed by atoms with Gasteiger partial charge in [0.1, 0.15) is 0 Å². The molecular formula is C10H14BNO2. The van der Waals surface area contributed by atoms with E-state index in [0.29, 0.717) is 13.2 Å². The summed E-state index contributed by atoms with van der Waals surface area (Å²) in [4.78, 5) is 4.20. The maximum atomic E-state index is 5.59. The molecule has 0 bridgehead atoms. The van der Waals surface area contributed by atoms with Gasteiger partial charge in [0.25, 0.3) is 0 Å².